The summed E-state index contributed by atoms with van der Waals surface area (Å²) in [7, 11) is 0. The molecule has 5 nitrogen and oxygen atoms in total. The standard InChI is InChI=1S/C18H21N3O2/c1-4-7-14(12(5-2)6-3)18(23)21-16-10-13-8-9-17(22)20-15(13)11-19-16/h4-5,7,10-11H,2,6,8-9H2,1,3H3,(H,20,22)(H,19,21,23)/b7-4-,14-12-. The van der Waals surface area contributed by atoms with Gasteiger partial charge in [-0.25, -0.2) is 4.98 Å². The van der Waals surface area contributed by atoms with E-state index >= 15 is 0 Å². The number of pyridine rings is 1. The Bertz CT molecular complexity index is 702. The van der Waals surface area contributed by atoms with Crippen LogP contribution >= 0.6 is 0 Å². The molecular formula is C18H21N3O2. The summed E-state index contributed by atoms with van der Waals surface area (Å²) in [6.07, 6.45) is 8.69. The van der Waals surface area contributed by atoms with Crippen molar-refractivity contribution in [2.45, 2.75) is 33.1 Å². The smallest absolute Gasteiger partial charge is 0.257 e. The first kappa shape index (κ1) is 16.7. The first-order valence-electron chi connectivity index (χ1n) is 7.67. The molecule has 120 valence electrons. The van der Waals surface area contributed by atoms with Gasteiger partial charge in [-0.3, -0.25) is 9.59 Å². The third kappa shape index (κ3) is 3.94. The zero-order valence-electron chi connectivity index (χ0n) is 13.5. The van der Waals surface area contributed by atoms with Crippen LogP contribution in [0.15, 0.2) is 48.2 Å². The summed E-state index contributed by atoms with van der Waals surface area (Å²) in [6, 6.07) is 1.81. The number of carbonyl (C=O) groups excluding carboxylic acids is 2. The lowest BCUT2D eigenvalue weighted by Crippen LogP contribution is -2.20. The highest BCUT2D eigenvalue weighted by molar-refractivity contribution is 6.06. The Hall–Kier alpha value is -2.69. The van der Waals surface area contributed by atoms with Crippen LogP contribution in [0.2, 0.25) is 0 Å². The first-order chi connectivity index (χ1) is 11.1. The van der Waals surface area contributed by atoms with Crippen LogP contribution in [0.25, 0.3) is 0 Å². The van der Waals surface area contributed by atoms with E-state index in [-0.39, 0.29) is 11.8 Å². The zero-order valence-corrected chi connectivity index (χ0v) is 13.5. The number of aromatic nitrogens is 1. The van der Waals surface area contributed by atoms with Crippen LogP contribution in [0.5, 0.6) is 0 Å². The molecule has 0 saturated heterocycles. The number of aryl methyl sites for hydroxylation is 1. The van der Waals surface area contributed by atoms with Gasteiger partial charge >= 0.3 is 0 Å². The fourth-order valence-corrected chi connectivity index (χ4v) is 2.47. The molecule has 0 spiro atoms. The van der Waals surface area contributed by atoms with E-state index in [1.54, 1.807) is 24.4 Å². The van der Waals surface area contributed by atoms with E-state index in [0.717, 1.165) is 17.6 Å². The van der Waals surface area contributed by atoms with Gasteiger partial charge in [0.05, 0.1) is 11.9 Å². The van der Waals surface area contributed by atoms with Crippen LogP contribution in [-0.4, -0.2) is 16.8 Å². The lowest BCUT2D eigenvalue weighted by Gasteiger charge is -2.17. The molecule has 1 aliphatic heterocycles. The van der Waals surface area contributed by atoms with Crippen LogP contribution in [-0.2, 0) is 16.0 Å². The van der Waals surface area contributed by atoms with Crippen LogP contribution in [0.3, 0.4) is 0 Å². The molecule has 1 aliphatic rings. The van der Waals surface area contributed by atoms with E-state index in [0.29, 0.717) is 29.9 Å². The monoisotopic (exact) mass is 311 g/mol. The summed E-state index contributed by atoms with van der Waals surface area (Å²) >= 11 is 0. The van der Waals surface area contributed by atoms with Gasteiger partial charge in [0.25, 0.3) is 5.91 Å². The minimum absolute atomic E-state index is 0.00652. The van der Waals surface area contributed by atoms with Crippen molar-refractivity contribution in [2.24, 2.45) is 0 Å². The maximum atomic E-state index is 12.5. The van der Waals surface area contributed by atoms with Gasteiger partial charge in [-0.1, -0.05) is 31.7 Å². The predicted molar refractivity (Wildman–Crippen MR) is 92.1 cm³/mol. The van der Waals surface area contributed by atoms with Gasteiger partial charge in [0.1, 0.15) is 5.82 Å². The van der Waals surface area contributed by atoms with Crippen molar-refractivity contribution in [3.63, 3.8) is 0 Å². The maximum absolute atomic E-state index is 12.5. The summed E-state index contributed by atoms with van der Waals surface area (Å²) in [6.45, 7) is 7.61. The number of anilines is 2. The number of amides is 2. The number of hydrogen-bond acceptors (Lipinski definition) is 3. The number of nitrogens with zero attached hydrogens (tertiary/aromatic N) is 1. The second-order valence-corrected chi connectivity index (χ2v) is 5.23. The molecule has 23 heavy (non-hydrogen) atoms. The molecule has 0 atom stereocenters. The van der Waals surface area contributed by atoms with Crippen LogP contribution < -0.4 is 10.6 Å². The molecule has 1 aromatic heterocycles. The van der Waals surface area contributed by atoms with Crippen molar-refractivity contribution in [2.75, 3.05) is 10.6 Å². The number of fused-ring (bicyclic) bond motifs is 1. The largest absolute Gasteiger partial charge is 0.324 e. The average molecular weight is 311 g/mol. The van der Waals surface area contributed by atoms with Gasteiger partial charge in [-0.15, -0.1) is 0 Å². The molecule has 0 aromatic carbocycles. The highest BCUT2D eigenvalue weighted by Gasteiger charge is 2.17. The average Bonchev–Trinajstić information content (AvgIpc) is 2.55. The number of carbonyl (C=O) groups is 2. The minimum atomic E-state index is -0.216. The topological polar surface area (TPSA) is 71.1 Å². The summed E-state index contributed by atoms with van der Waals surface area (Å²) in [5, 5.41) is 5.59. The number of rotatable bonds is 5. The molecule has 0 unspecified atom stereocenters. The molecule has 2 amide bonds. The summed E-state index contributed by atoms with van der Waals surface area (Å²) in [4.78, 5) is 28.1. The molecule has 0 aliphatic carbocycles. The Morgan fingerprint density at radius 3 is 2.91 bits per heavy atom. The maximum Gasteiger partial charge on any atom is 0.257 e. The zero-order chi connectivity index (χ0) is 16.8. The molecule has 2 rings (SSSR count). The highest BCUT2D eigenvalue weighted by atomic mass is 16.2. The molecule has 0 fully saturated rings. The molecular weight excluding hydrogens is 290 g/mol. The van der Waals surface area contributed by atoms with Gasteiger partial charge in [0.15, 0.2) is 0 Å². The van der Waals surface area contributed by atoms with Gasteiger partial charge in [-0.2, -0.15) is 0 Å². The minimum Gasteiger partial charge on any atom is -0.324 e. The van der Waals surface area contributed by atoms with Crippen molar-refractivity contribution in [1.29, 1.82) is 0 Å². The molecule has 1 aromatic rings. The van der Waals surface area contributed by atoms with E-state index < -0.39 is 0 Å². The molecule has 2 heterocycles. The van der Waals surface area contributed by atoms with E-state index in [1.165, 1.54) is 0 Å². The Balaban J connectivity index is 2.24. The van der Waals surface area contributed by atoms with Crippen LogP contribution in [0.4, 0.5) is 11.5 Å². The number of hydrogen-bond donors (Lipinski definition) is 2. The third-order valence-electron chi connectivity index (χ3n) is 3.68. The lowest BCUT2D eigenvalue weighted by atomic mass is 10.0. The normalized spacial score (nSPS) is 14.8. The van der Waals surface area contributed by atoms with Crippen molar-refractivity contribution in [3.8, 4) is 0 Å². The summed E-state index contributed by atoms with van der Waals surface area (Å²) in [5.74, 6) is 0.256. The second kappa shape index (κ2) is 7.54. The summed E-state index contributed by atoms with van der Waals surface area (Å²) in [5.41, 5.74) is 3.15. The van der Waals surface area contributed by atoms with Gasteiger partial charge in [0.2, 0.25) is 5.91 Å². The first-order valence-corrected chi connectivity index (χ1v) is 7.67. The number of nitrogens with one attached hydrogen (secondary N) is 2. The van der Waals surface area contributed by atoms with Crippen LogP contribution in [0.1, 0.15) is 32.3 Å². The van der Waals surface area contributed by atoms with Crippen molar-refractivity contribution >= 4 is 23.3 Å². The second-order valence-electron chi connectivity index (χ2n) is 5.23. The van der Waals surface area contributed by atoms with E-state index in [2.05, 4.69) is 22.2 Å². The van der Waals surface area contributed by atoms with Crippen molar-refractivity contribution in [1.82, 2.24) is 4.98 Å². The quantitative estimate of drug-likeness (QED) is 0.647. The molecule has 0 bridgehead atoms. The van der Waals surface area contributed by atoms with Gasteiger partial charge in [0, 0.05) is 12.0 Å². The fourth-order valence-electron chi connectivity index (χ4n) is 2.47. The fraction of sp³-hybridized carbons (Fsp3) is 0.278. The van der Waals surface area contributed by atoms with E-state index in [1.807, 2.05) is 19.9 Å². The van der Waals surface area contributed by atoms with Gasteiger partial charge in [-0.05, 0) is 37.0 Å². The van der Waals surface area contributed by atoms with Crippen molar-refractivity contribution in [3.05, 3.63) is 53.8 Å². The Morgan fingerprint density at radius 2 is 2.26 bits per heavy atom. The summed E-state index contributed by atoms with van der Waals surface area (Å²) < 4.78 is 0. The molecule has 0 radical (unpaired) electrons. The lowest BCUT2D eigenvalue weighted by molar-refractivity contribution is -0.116. The Kier molecular flexibility index (Phi) is 5.46. The highest BCUT2D eigenvalue weighted by Crippen LogP contribution is 2.24. The van der Waals surface area contributed by atoms with E-state index in [9.17, 15) is 9.59 Å². The molecule has 2 N–H and O–H groups in total. The van der Waals surface area contributed by atoms with Gasteiger partial charge < -0.3 is 10.6 Å². The number of allylic oxidation sites excluding steroid dienone is 3. The van der Waals surface area contributed by atoms with E-state index in [4.69, 9.17) is 0 Å². The predicted octanol–water partition coefficient (Wildman–Crippen LogP) is 3.37. The molecule has 5 heteroatoms. The Labute approximate surface area is 136 Å². The van der Waals surface area contributed by atoms with Crippen LogP contribution in [0, 0.1) is 0 Å². The molecule has 0 saturated carbocycles. The SMILES string of the molecule is C=C/C(CC)=C(\C=C/C)C(=O)Nc1cc2c(cn1)NC(=O)CC2. The third-order valence-corrected chi connectivity index (χ3v) is 3.68. The Morgan fingerprint density at radius 1 is 1.48 bits per heavy atom. The van der Waals surface area contributed by atoms with Crippen molar-refractivity contribution < 1.29 is 9.59 Å².